The molecule has 0 bridgehead atoms. The topological polar surface area (TPSA) is 21.3 Å². The molecule has 1 N–H and O–H groups in total. The first-order chi connectivity index (χ1) is 7.94. The average molecular weight is 365 g/mol. The zero-order valence-electron chi connectivity index (χ0n) is 10.5. The first-order valence-electron chi connectivity index (χ1n) is 5.77. The molecule has 1 aromatic carbocycles. The highest BCUT2D eigenvalue weighted by Gasteiger charge is 2.12. The molecule has 0 saturated heterocycles. The van der Waals surface area contributed by atoms with Gasteiger partial charge in [0.05, 0.1) is 4.47 Å². The Labute approximate surface area is 120 Å². The highest BCUT2D eigenvalue weighted by molar-refractivity contribution is 9.11. The van der Waals surface area contributed by atoms with Gasteiger partial charge in [-0.1, -0.05) is 22.9 Å². The van der Waals surface area contributed by atoms with E-state index in [9.17, 15) is 0 Å². The maximum Gasteiger partial charge on any atom is 0.133 e. The van der Waals surface area contributed by atoms with Crippen LogP contribution in [0, 0.1) is 0 Å². The molecule has 0 atom stereocenters. The van der Waals surface area contributed by atoms with E-state index in [4.69, 9.17) is 4.74 Å². The lowest BCUT2D eigenvalue weighted by atomic mass is 10.0. The summed E-state index contributed by atoms with van der Waals surface area (Å²) in [4.78, 5) is 0. The third-order valence-corrected chi connectivity index (χ3v) is 3.85. The monoisotopic (exact) mass is 363 g/mol. The molecule has 0 aromatic heterocycles. The van der Waals surface area contributed by atoms with Gasteiger partial charge in [0.15, 0.2) is 0 Å². The number of nitrogens with one attached hydrogen (secondary N) is 1. The molecule has 0 heterocycles. The Kier molecular flexibility index (Phi) is 5.97. The summed E-state index contributed by atoms with van der Waals surface area (Å²) in [6, 6.07) is 5.92. The summed E-state index contributed by atoms with van der Waals surface area (Å²) >= 11 is 6.89. The van der Waals surface area contributed by atoms with Crippen LogP contribution in [0.15, 0.2) is 27.1 Å². The number of hydrogen-bond acceptors (Lipinski definition) is 2. The lowest BCUT2D eigenvalue weighted by molar-refractivity contribution is 0.279. The molecule has 96 valence electrons. The number of benzene rings is 1. The maximum atomic E-state index is 5.70. The van der Waals surface area contributed by atoms with Gasteiger partial charge in [0.25, 0.3) is 0 Å². The lowest BCUT2D eigenvalue weighted by Crippen LogP contribution is -2.40. The number of halogens is 2. The fourth-order valence-corrected chi connectivity index (χ4v) is 2.43. The Bertz CT molecular complexity index is 366. The molecule has 0 saturated carbocycles. The summed E-state index contributed by atoms with van der Waals surface area (Å²) in [5, 5.41) is 3.46. The number of hydrogen-bond donors (Lipinski definition) is 1. The second-order valence-electron chi connectivity index (χ2n) is 4.59. The van der Waals surface area contributed by atoms with E-state index in [0.717, 1.165) is 27.7 Å². The minimum absolute atomic E-state index is 0.181. The number of ether oxygens (including phenoxy) is 1. The predicted octanol–water partition coefficient (Wildman–Crippen LogP) is 4.37. The smallest absolute Gasteiger partial charge is 0.133 e. The minimum atomic E-state index is 0.181. The van der Waals surface area contributed by atoms with E-state index in [2.05, 4.69) is 57.9 Å². The minimum Gasteiger partial charge on any atom is -0.491 e. The third-order valence-electron chi connectivity index (χ3n) is 2.74. The summed E-state index contributed by atoms with van der Waals surface area (Å²) in [6.07, 6.45) is 1.11. The Morgan fingerprint density at radius 3 is 2.59 bits per heavy atom. The lowest BCUT2D eigenvalue weighted by Gasteiger charge is -2.24. The standard InChI is InChI=1S/C13H19Br2NO/c1-4-13(2,3)16-7-8-17-12-6-5-10(14)9-11(12)15/h5-6,9,16H,4,7-8H2,1-3H3. The van der Waals surface area contributed by atoms with Crippen LogP contribution in [-0.4, -0.2) is 18.7 Å². The highest BCUT2D eigenvalue weighted by Crippen LogP contribution is 2.28. The maximum absolute atomic E-state index is 5.70. The SMILES string of the molecule is CCC(C)(C)NCCOc1ccc(Br)cc1Br. The molecule has 0 aliphatic heterocycles. The molecule has 0 unspecified atom stereocenters. The zero-order valence-corrected chi connectivity index (χ0v) is 13.7. The summed E-state index contributed by atoms with van der Waals surface area (Å²) in [5.74, 6) is 0.879. The van der Waals surface area contributed by atoms with E-state index >= 15 is 0 Å². The molecule has 1 aromatic rings. The van der Waals surface area contributed by atoms with Crippen molar-refractivity contribution in [2.45, 2.75) is 32.7 Å². The Morgan fingerprint density at radius 2 is 2.00 bits per heavy atom. The highest BCUT2D eigenvalue weighted by atomic mass is 79.9. The van der Waals surface area contributed by atoms with Crippen LogP contribution in [0.5, 0.6) is 5.75 Å². The van der Waals surface area contributed by atoms with Crippen LogP contribution in [0.4, 0.5) is 0 Å². The van der Waals surface area contributed by atoms with Crippen molar-refractivity contribution in [1.29, 1.82) is 0 Å². The van der Waals surface area contributed by atoms with Crippen LogP contribution >= 0.6 is 31.9 Å². The van der Waals surface area contributed by atoms with Crippen LogP contribution < -0.4 is 10.1 Å². The summed E-state index contributed by atoms with van der Waals surface area (Å²) in [7, 11) is 0. The van der Waals surface area contributed by atoms with Gasteiger partial charge in [-0.3, -0.25) is 0 Å². The Hall–Kier alpha value is -0.0600. The molecule has 1 rings (SSSR count). The van der Waals surface area contributed by atoms with E-state index in [1.165, 1.54) is 0 Å². The summed E-state index contributed by atoms with van der Waals surface area (Å²) in [5.41, 5.74) is 0.181. The van der Waals surface area contributed by atoms with Crippen molar-refractivity contribution in [2.75, 3.05) is 13.2 Å². The molecule has 0 aliphatic carbocycles. The molecule has 0 aliphatic rings. The van der Waals surface area contributed by atoms with E-state index in [1.54, 1.807) is 0 Å². The van der Waals surface area contributed by atoms with Gasteiger partial charge in [0.1, 0.15) is 12.4 Å². The van der Waals surface area contributed by atoms with Crippen LogP contribution in [0.2, 0.25) is 0 Å². The fraction of sp³-hybridized carbons (Fsp3) is 0.538. The van der Waals surface area contributed by atoms with E-state index in [0.29, 0.717) is 6.61 Å². The molecule has 0 spiro atoms. The van der Waals surface area contributed by atoms with Crippen molar-refractivity contribution in [3.63, 3.8) is 0 Å². The van der Waals surface area contributed by atoms with Gasteiger partial charge in [-0.05, 0) is 54.4 Å². The summed E-state index contributed by atoms with van der Waals surface area (Å²) in [6.45, 7) is 8.09. The quantitative estimate of drug-likeness (QED) is 0.757. The second kappa shape index (κ2) is 6.76. The van der Waals surface area contributed by atoms with Gasteiger partial charge in [-0.2, -0.15) is 0 Å². The predicted molar refractivity (Wildman–Crippen MR) is 79.7 cm³/mol. The van der Waals surface area contributed by atoms with E-state index in [-0.39, 0.29) is 5.54 Å². The fourth-order valence-electron chi connectivity index (χ4n) is 1.27. The average Bonchev–Trinajstić information content (AvgIpc) is 2.27. The first-order valence-corrected chi connectivity index (χ1v) is 7.36. The van der Waals surface area contributed by atoms with Gasteiger partial charge in [-0.25, -0.2) is 0 Å². The van der Waals surface area contributed by atoms with Crippen molar-refractivity contribution >= 4 is 31.9 Å². The Morgan fingerprint density at radius 1 is 1.29 bits per heavy atom. The van der Waals surface area contributed by atoms with E-state index < -0.39 is 0 Å². The van der Waals surface area contributed by atoms with Crippen LogP contribution in [0.3, 0.4) is 0 Å². The molecule has 4 heteroatoms. The van der Waals surface area contributed by atoms with Crippen molar-refractivity contribution in [1.82, 2.24) is 5.32 Å². The van der Waals surface area contributed by atoms with Gasteiger partial charge in [-0.15, -0.1) is 0 Å². The molecule has 17 heavy (non-hydrogen) atoms. The van der Waals surface area contributed by atoms with Crippen LogP contribution in [-0.2, 0) is 0 Å². The van der Waals surface area contributed by atoms with E-state index in [1.807, 2.05) is 18.2 Å². The molecule has 0 fully saturated rings. The van der Waals surface area contributed by atoms with Crippen molar-refractivity contribution < 1.29 is 4.74 Å². The summed E-state index contributed by atoms with van der Waals surface area (Å²) < 4.78 is 7.72. The van der Waals surface area contributed by atoms with Crippen molar-refractivity contribution in [2.24, 2.45) is 0 Å². The van der Waals surface area contributed by atoms with Gasteiger partial charge >= 0.3 is 0 Å². The molecule has 0 amide bonds. The molecular formula is C13H19Br2NO. The normalized spacial score (nSPS) is 11.6. The third kappa shape index (κ3) is 5.40. The van der Waals surface area contributed by atoms with Gasteiger partial charge in [0.2, 0.25) is 0 Å². The molecule has 0 radical (unpaired) electrons. The van der Waals surface area contributed by atoms with Crippen LogP contribution in [0.25, 0.3) is 0 Å². The molecule has 2 nitrogen and oxygen atoms in total. The van der Waals surface area contributed by atoms with Gasteiger partial charge in [0, 0.05) is 16.6 Å². The second-order valence-corrected chi connectivity index (χ2v) is 6.36. The molecular weight excluding hydrogens is 346 g/mol. The Balaban J connectivity index is 2.36. The zero-order chi connectivity index (χ0) is 12.9. The van der Waals surface area contributed by atoms with Crippen molar-refractivity contribution in [3.05, 3.63) is 27.1 Å². The largest absolute Gasteiger partial charge is 0.491 e. The number of rotatable bonds is 6. The van der Waals surface area contributed by atoms with Gasteiger partial charge < -0.3 is 10.1 Å². The van der Waals surface area contributed by atoms with Crippen molar-refractivity contribution in [3.8, 4) is 5.75 Å². The van der Waals surface area contributed by atoms with Crippen LogP contribution in [0.1, 0.15) is 27.2 Å². The first kappa shape index (κ1) is 15.0.